The first kappa shape index (κ1) is 18.1. The molecule has 0 aliphatic rings. The number of ether oxygens (including phenoxy) is 1. The second-order valence-corrected chi connectivity index (χ2v) is 6.06. The lowest BCUT2D eigenvalue weighted by Gasteiger charge is -2.18. The van der Waals surface area contributed by atoms with Gasteiger partial charge in [-0.25, -0.2) is 8.78 Å². The number of hydrogen-bond acceptors (Lipinski definition) is 2. The molecule has 2 rings (SSSR count). The van der Waals surface area contributed by atoms with E-state index in [1.54, 1.807) is 0 Å². The van der Waals surface area contributed by atoms with Crippen molar-refractivity contribution in [3.05, 3.63) is 59.2 Å². The highest BCUT2D eigenvalue weighted by molar-refractivity contribution is 7.80. The van der Waals surface area contributed by atoms with Crippen molar-refractivity contribution in [1.82, 2.24) is 5.32 Å². The van der Waals surface area contributed by atoms with E-state index in [1.165, 1.54) is 23.8 Å². The number of benzene rings is 2. The van der Waals surface area contributed by atoms with Crippen LogP contribution in [-0.4, -0.2) is 17.8 Å². The minimum atomic E-state index is -0.696. The Bertz CT molecular complexity index is 717. The van der Waals surface area contributed by atoms with Gasteiger partial charge in [0.25, 0.3) is 0 Å². The fraction of sp³-hybridized carbons (Fsp3) is 0.278. The number of thiocarbonyl (C=S) groups is 1. The molecule has 0 aromatic heterocycles. The summed E-state index contributed by atoms with van der Waals surface area (Å²) in [6, 6.07) is 9.36. The highest BCUT2D eigenvalue weighted by Crippen LogP contribution is 2.18. The van der Waals surface area contributed by atoms with Crippen molar-refractivity contribution in [3.63, 3.8) is 0 Å². The molecule has 0 amide bonds. The molecule has 0 saturated heterocycles. The van der Waals surface area contributed by atoms with Gasteiger partial charge < -0.3 is 15.4 Å². The Morgan fingerprint density at radius 3 is 2.42 bits per heavy atom. The highest BCUT2D eigenvalue weighted by atomic mass is 32.1. The zero-order valence-corrected chi connectivity index (χ0v) is 14.6. The Morgan fingerprint density at radius 2 is 1.79 bits per heavy atom. The summed E-state index contributed by atoms with van der Waals surface area (Å²) in [5.74, 6) is -0.623. The van der Waals surface area contributed by atoms with Crippen molar-refractivity contribution in [2.75, 3.05) is 11.9 Å². The fourth-order valence-electron chi connectivity index (χ4n) is 2.06. The number of rotatable bonds is 5. The van der Waals surface area contributed by atoms with Gasteiger partial charge in [-0.05, 0) is 68.4 Å². The largest absolute Gasteiger partial charge is 0.491 e. The second-order valence-electron chi connectivity index (χ2n) is 5.65. The summed E-state index contributed by atoms with van der Waals surface area (Å²) in [5, 5.41) is 5.61. The molecule has 0 aliphatic heterocycles. The van der Waals surface area contributed by atoms with Crippen molar-refractivity contribution in [2.24, 2.45) is 0 Å². The molecule has 0 aliphatic carbocycles. The molecule has 0 unspecified atom stereocenters. The van der Waals surface area contributed by atoms with Gasteiger partial charge in [0.2, 0.25) is 0 Å². The van der Waals surface area contributed by atoms with Crippen molar-refractivity contribution in [1.29, 1.82) is 0 Å². The summed E-state index contributed by atoms with van der Waals surface area (Å²) in [4.78, 5) is 0. The number of halogens is 2. The minimum Gasteiger partial charge on any atom is -0.491 e. The zero-order chi connectivity index (χ0) is 17.7. The smallest absolute Gasteiger partial charge is 0.171 e. The maximum absolute atomic E-state index is 13.6. The average Bonchev–Trinajstić information content (AvgIpc) is 2.52. The Kier molecular flexibility index (Phi) is 6.09. The Labute approximate surface area is 146 Å². The van der Waals surface area contributed by atoms with E-state index in [0.29, 0.717) is 6.61 Å². The van der Waals surface area contributed by atoms with Gasteiger partial charge in [-0.1, -0.05) is 12.1 Å². The molecular formula is C18H20F2N2OS. The summed E-state index contributed by atoms with van der Waals surface area (Å²) in [6.45, 7) is 6.29. The lowest BCUT2D eigenvalue weighted by atomic mass is 10.1. The van der Waals surface area contributed by atoms with Crippen LogP contribution in [0.3, 0.4) is 0 Å². The second kappa shape index (κ2) is 8.06. The van der Waals surface area contributed by atoms with E-state index in [2.05, 4.69) is 10.6 Å². The van der Waals surface area contributed by atoms with Gasteiger partial charge in [0, 0.05) is 0 Å². The Balaban J connectivity index is 1.86. The number of hydrogen-bond donors (Lipinski definition) is 2. The van der Waals surface area contributed by atoms with Crippen LogP contribution in [0.15, 0.2) is 36.4 Å². The third-order valence-electron chi connectivity index (χ3n) is 3.56. The number of para-hydroxylation sites is 1. The van der Waals surface area contributed by atoms with Gasteiger partial charge in [-0.15, -0.1) is 0 Å². The molecule has 6 heteroatoms. The first-order valence-corrected chi connectivity index (χ1v) is 7.99. The van der Waals surface area contributed by atoms with E-state index in [9.17, 15) is 8.78 Å². The van der Waals surface area contributed by atoms with Crippen LogP contribution in [0.1, 0.15) is 18.1 Å². The average molecular weight is 350 g/mol. The molecule has 2 aromatic carbocycles. The molecule has 0 saturated carbocycles. The van der Waals surface area contributed by atoms with E-state index < -0.39 is 11.6 Å². The first-order chi connectivity index (χ1) is 11.4. The van der Waals surface area contributed by atoms with Crippen LogP contribution < -0.4 is 15.4 Å². The number of aryl methyl sites for hydroxylation is 2. The summed E-state index contributed by atoms with van der Waals surface area (Å²) >= 11 is 5.09. The van der Waals surface area contributed by atoms with Gasteiger partial charge in [0.15, 0.2) is 5.11 Å². The molecule has 2 aromatic rings. The highest BCUT2D eigenvalue weighted by Gasteiger charge is 2.11. The van der Waals surface area contributed by atoms with Crippen LogP contribution in [0.5, 0.6) is 5.75 Å². The van der Waals surface area contributed by atoms with Gasteiger partial charge >= 0.3 is 0 Å². The van der Waals surface area contributed by atoms with Crippen LogP contribution in [-0.2, 0) is 0 Å². The zero-order valence-electron chi connectivity index (χ0n) is 13.8. The predicted molar refractivity (Wildman–Crippen MR) is 96.6 cm³/mol. The van der Waals surface area contributed by atoms with Gasteiger partial charge in [0.1, 0.15) is 29.7 Å². The fourth-order valence-corrected chi connectivity index (χ4v) is 2.36. The molecule has 128 valence electrons. The summed E-state index contributed by atoms with van der Waals surface area (Å²) in [6.07, 6.45) is 0. The van der Waals surface area contributed by atoms with Gasteiger partial charge in [-0.3, -0.25) is 0 Å². The molecule has 1 atom stereocenters. The van der Waals surface area contributed by atoms with Crippen molar-refractivity contribution in [2.45, 2.75) is 26.8 Å². The Morgan fingerprint density at radius 1 is 1.12 bits per heavy atom. The molecular weight excluding hydrogens is 330 g/mol. The van der Waals surface area contributed by atoms with Crippen molar-refractivity contribution >= 4 is 23.0 Å². The molecule has 24 heavy (non-hydrogen) atoms. The van der Waals surface area contributed by atoms with E-state index in [0.717, 1.165) is 11.3 Å². The van der Waals surface area contributed by atoms with E-state index in [1.807, 2.05) is 39.0 Å². The normalized spacial score (nSPS) is 11.7. The van der Waals surface area contributed by atoms with Crippen LogP contribution in [0.25, 0.3) is 0 Å². The lowest BCUT2D eigenvalue weighted by molar-refractivity contribution is 0.287. The number of anilines is 1. The molecule has 0 heterocycles. The molecule has 0 fully saturated rings. The summed E-state index contributed by atoms with van der Waals surface area (Å²) in [7, 11) is 0. The van der Waals surface area contributed by atoms with Crippen LogP contribution in [0.4, 0.5) is 14.5 Å². The predicted octanol–water partition coefficient (Wildman–Crippen LogP) is 4.34. The monoisotopic (exact) mass is 350 g/mol. The van der Waals surface area contributed by atoms with Gasteiger partial charge in [-0.2, -0.15) is 0 Å². The SMILES string of the molecule is Cc1ccc(OC[C@@H](C)NC(=S)Nc2c(F)cccc2F)cc1C. The van der Waals surface area contributed by atoms with Crippen molar-refractivity contribution in [3.8, 4) is 5.75 Å². The quantitative estimate of drug-likeness (QED) is 0.786. The lowest BCUT2D eigenvalue weighted by Crippen LogP contribution is -2.39. The molecule has 2 N–H and O–H groups in total. The van der Waals surface area contributed by atoms with E-state index >= 15 is 0 Å². The molecule has 0 spiro atoms. The van der Waals surface area contributed by atoms with Crippen LogP contribution >= 0.6 is 12.2 Å². The van der Waals surface area contributed by atoms with E-state index in [4.69, 9.17) is 17.0 Å². The minimum absolute atomic E-state index is 0.134. The van der Waals surface area contributed by atoms with Crippen LogP contribution in [0, 0.1) is 25.5 Å². The molecule has 0 radical (unpaired) electrons. The molecule has 0 bridgehead atoms. The van der Waals surface area contributed by atoms with Gasteiger partial charge in [0.05, 0.1) is 6.04 Å². The molecule has 3 nitrogen and oxygen atoms in total. The third-order valence-corrected chi connectivity index (χ3v) is 3.78. The standard InChI is InChI=1S/C18H20F2N2OS/c1-11-7-8-14(9-12(11)2)23-10-13(3)21-18(24)22-17-15(19)5-4-6-16(17)20/h4-9,13H,10H2,1-3H3,(H2,21,22,24)/t13-/m1/s1. The van der Waals surface area contributed by atoms with Crippen molar-refractivity contribution < 1.29 is 13.5 Å². The maximum Gasteiger partial charge on any atom is 0.171 e. The summed E-state index contributed by atoms with van der Waals surface area (Å²) < 4.78 is 32.9. The first-order valence-electron chi connectivity index (χ1n) is 7.58. The Hall–Kier alpha value is -2.21. The third kappa shape index (κ3) is 4.89. The number of nitrogens with one attached hydrogen (secondary N) is 2. The van der Waals surface area contributed by atoms with Crippen LogP contribution in [0.2, 0.25) is 0 Å². The van der Waals surface area contributed by atoms with E-state index in [-0.39, 0.29) is 16.8 Å². The topological polar surface area (TPSA) is 33.3 Å². The summed E-state index contributed by atoms with van der Waals surface area (Å²) in [5.41, 5.74) is 2.09. The maximum atomic E-state index is 13.6.